The van der Waals surface area contributed by atoms with Crippen molar-refractivity contribution in [2.45, 2.75) is 58.5 Å². The lowest BCUT2D eigenvalue weighted by molar-refractivity contribution is 0.330. The Morgan fingerprint density at radius 1 is 1.24 bits per heavy atom. The molecule has 2 atom stereocenters. The van der Waals surface area contributed by atoms with Crippen molar-refractivity contribution in [2.75, 3.05) is 0 Å². The highest BCUT2D eigenvalue weighted by Gasteiger charge is 2.42. The summed E-state index contributed by atoms with van der Waals surface area (Å²) in [6.07, 6.45) is 5.23. The van der Waals surface area contributed by atoms with Gasteiger partial charge in [0.25, 0.3) is 0 Å². The normalized spacial score (nSPS) is 20.9. The van der Waals surface area contributed by atoms with Gasteiger partial charge in [0.2, 0.25) is 0 Å². The van der Waals surface area contributed by atoms with Crippen molar-refractivity contribution in [3.8, 4) is 0 Å². The first kappa shape index (κ1) is 12.6. The smallest absolute Gasteiger partial charge is 0.0322 e. The number of hydrogen-bond acceptors (Lipinski definition) is 1. The molecular weight excluding hydrogens is 206 g/mol. The Labute approximate surface area is 106 Å². The number of benzene rings is 1. The molecule has 1 aliphatic carbocycles. The Morgan fingerprint density at radius 3 is 2.41 bits per heavy atom. The van der Waals surface area contributed by atoms with E-state index in [1.54, 1.807) is 0 Å². The van der Waals surface area contributed by atoms with Crippen molar-refractivity contribution < 1.29 is 0 Å². The van der Waals surface area contributed by atoms with Crippen LogP contribution in [0.25, 0.3) is 0 Å². The summed E-state index contributed by atoms with van der Waals surface area (Å²) in [4.78, 5) is 0. The summed E-state index contributed by atoms with van der Waals surface area (Å²) in [6.45, 7) is 7.01. The maximum absolute atomic E-state index is 3.84. The molecule has 0 aromatic heterocycles. The molecule has 1 fully saturated rings. The van der Waals surface area contributed by atoms with Gasteiger partial charge in [-0.2, -0.15) is 0 Å². The number of hydrogen-bond donors (Lipinski definition) is 1. The molecule has 94 valence electrons. The standard InChI is InChI=1S/C16H25N/c1-4-8-15(14-9-6-5-7-10-14)17-13(2)16(3)11-12-16/h5-7,9-10,13,15,17H,4,8,11-12H2,1-3H3. The van der Waals surface area contributed by atoms with E-state index in [4.69, 9.17) is 0 Å². The predicted molar refractivity (Wildman–Crippen MR) is 74.0 cm³/mol. The van der Waals surface area contributed by atoms with E-state index in [0.29, 0.717) is 17.5 Å². The van der Waals surface area contributed by atoms with Crippen molar-refractivity contribution in [3.05, 3.63) is 35.9 Å². The summed E-state index contributed by atoms with van der Waals surface area (Å²) in [5.74, 6) is 0. The highest BCUT2D eigenvalue weighted by atomic mass is 15.0. The van der Waals surface area contributed by atoms with Crippen LogP contribution in [0.2, 0.25) is 0 Å². The summed E-state index contributed by atoms with van der Waals surface area (Å²) in [6, 6.07) is 12.0. The highest BCUT2D eigenvalue weighted by Crippen LogP contribution is 2.48. The monoisotopic (exact) mass is 231 g/mol. The van der Waals surface area contributed by atoms with Crippen LogP contribution < -0.4 is 5.32 Å². The first-order valence-corrected chi connectivity index (χ1v) is 6.97. The highest BCUT2D eigenvalue weighted by molar-refractivity contribution is 5.19. The second-order valence-corrected chi connectivity index (χ2v) is 5.79. The molecule has 0 spiro atoms. The van der Waals surface area contributed by atoms with Gasteiger partial charge >= 0.3 is 0 Å². The van der Waals surface area contributed by atoms with Crippen LogP contribution in [0.5, 0.6) is 0 Å². The molecular formula is C16H25N. The summed E-state index contributed by atoms with van der Waals surface area (Å²) >= 11 is 0. The van der Waals surface area contributed by atoms with Gasteiger partial charge in [-0.3, -0.25) is 0 Å². The van der Waals surface area contributed by atoms with E-state index in [-0.39, 0.29) is 0 Å². The minimum Gasteiger partial charge on any atom is -0.307 e. The average molecular weight is 231 g/mol. The van der Waals surface area contributed by atoms with Crippen LogP contribution in [0.1, 0.15) is 58.1 Å². The molecule has 1 N–H and O–H groups in total. The van der Waals surface area contributed by atoms with E-state index < -0.39 is 0 Å². The fraction of sp³-hybridized carbons (Fsp3) is 0.625. The molecule has 1 nitrogen and oxygen atoms in total. The second kappa shape index (κ2) is 5.22. The Balaban J connectivity index is 2.02. The van der Waals surface area contributed by atoms with Gasteiger partial charge in [-0.05, 0) is 37.2 Å². The maximum Gasteiger partial charge on any atom is 0.0322 e. The van der Waals surface area contributed by atoms with E-state index in [2.05, 4.69) is 56.4 Å². The van der Waals surface area contributed by atoms with E-state index in [9.17, 15) is 0 Å². The van der Waals surface area contributed by atoms with Crippen LogP contribution >= 0.6 is 0 Å². The summed E-state index contributed by atoms with van der Waals surface area (Å²) in [7, 11) is 0. The molecule has 1 aromatic carbocycles. The van der Waals surface area contributed by atoms with E-state index in [1.807, 2.05) is 0 Å². The fourth-order valence-corrected chi connectivity index (χ4v) is 2.45. The summed E-state index contributed by atoms with van der Waals surface area (Å²) in [5.41, 5.74) is 1.99. The Bertz CT molecular complexity index is 340. The quantitative estimate of drug-likeness (QED) is 0.769. The molecule has 1 heteroatoms. The molecule has 0 amide bonds. The molecule has 0 radical (unpaired) electrons. The van der Waals surface area contributed by atoms with Gasteiger partial charge in [0.1, 0.15) is 0 Å². The van der Waals surface area contributed by atoms with Gasteiger partial charge in [0.15, 0.2) is 0 Å². The zero-order chi connectivity index (χ0) is 12.3. The third-order valence-corrected chi connectivity index (χ3v) is 4.31. The van der Waals surface area contributed by atoms with Crippen molar-refractivity contribution in [2.24, 2.45) is 5.41 Å². The van der Waals surface area contributed by atoms with Crippen LogP contribution in [0.4, 0.5) is 0 Å². The van der Waals surface area contributed by atoms with E-state index >= 15 is 0 Å². The van der Waals surface area contributed by atoms with Crippen molar-refractivity contribution in [3.63, 3.8) is 0 Å². The minimum atomic E-state index is 0.522. The summed E-state index contributed by atoms with van der Waals surface area (Å²) < 4.78 is 0. The number of nitrogens with one attached hydrogen (secondary N) is 1. The molecule has 1 saturated carbocycles. The lowest BCUT2D eigenvalue weighted by atomic mass is 9.96. The molecule has 0 aliphatic heterocycles. The first-order valence-electron chi connectivity index (χ1n) is 6.97. The molecule has 17 heavy (non-hydrogen) atoms. The predicted octanol–water partition coefficient (Wildman–Crippen LogP) is 4.31. The molecule has 0 heterocycles. The average Bonchev–Trinajstić information content (AvgIpc) is 3.09. The fourth-order valence-electron chi connectivity index (χ4n) is 2.45. The van der Waals surface area contributed by atoms with Crippen molar-refractivity contribution >= 4 is 0 Å². The topological polar surface area (TPSA) is 12.0 Å². The molecule has 1 aliphatic rings. The van der Waals surface area contributed by atoms with Crippen LogP contribution in [-0.4, -0.2) is 6.04 Å². The van der Waals surface area contributed by atoms with Gasteiger partial charge in [-0.1, -0.05) is 50.6 Å². The minimum absolute atomic E-state index is 0.522. The van der Waals surface area contributed by atoms with Gasteiger partial charge < -0.3 is 5.32 Å². The van der Waals surface area contributed by atoms with Crippen LogP contribution in [-0.2, 0) is 0 Å². The van der Waals surface area contributed by atoms with Crippen LogP contribution in [0, 0.1) is 5.41 Å². The third-order valence-electron chi connectivity index (χ3n) is 4.31. The van der Waals surface area contributed by atoms with Crippen LogP contribution in [0.15, 0.2) is 30.3 Å². The molecule has 0 saturated heterocycles. The van der Waals surface area contributed by atoms with Gasteiger partial charge in [-0.25, -0.2) is 0 Å². The van der Waals surface area contributed by atoms with Gasteiger partial charge in [0, 0.05) is 12.1 Å². The van der Waals surface area contributed by atoms with E-state index in [1.165, 1.54) is 31.2 Å². The second-order valence-electron chi connectivity index (χ2n) is 5.79. The van der Waals surface area contributed by atoms with Gasteiger partial charge in [0.05, 0.1) is 0 Å². The maximum atomic E-state index is 3.84. The zero-order valence-corrected chi connectivity index (χ0v) is 11.4. The zero-order valence-electron chi connectivity index (χ0n) is 11.4. The number of rotatable bonds is 6. The SMILES string of the molecule is CCCC(NC(C)C1(C)CC1)c1ccccc1. The molecule has 2 rings (SSSR count). The Morgan fingerprint density at radius 2 is 1.88 bits per heavy atom. The molecule has 2 unspecified atom stereocenters. The van der Waals surface area contributed by atoms with Gasteiger partial charge in [-0.15, -0.1) is 0 Å². The Kier molecular flexibility index (Phi) is 3.88. The van der Waals surface area contributed by atoms with E-state index in [0.717, 1.165) is 0 Å². The lowest BCUT2D eigenvalue weighted by Crippen LogP contribution is -2.36. The summed E-state index contributed by atoms with van der Waals surface area (Å²) in [5, 5.41) is 3.84. The van der Waals surface area contributed by atoms with Crippen molar-refractivity contribution in [1.82, 2.24) is 5.32 Å². The van der Waals surface area contributed by atoms with Crippen LogP contribution in [0.3, 0.4) is 0 Å². The first-order chi connectivity index (χ1) is 8.15. The largest absolute Gasteiger partial charge is 0.307 e. The molecule has 0 bridgehead atoms. The lowest BCUT2D eigenvalue weighted by Gasteiger charge is -2.27. The third kappa shape index (κ3) is 3.10. The Hall–Kier alpha value is -0.820. The molecule has 1 aromatic rings. The van der Waals surface area contributed by atoms with Crippen molar-refractivity contribution in [1.29, 1.82) is 0 Å².